The molecule has 140 valence electrons. The Hall–Kier alpha value is -3.51. The Morgan fingerprint density at radius 2 is 1.21 bits per heavy atom. The fourth-order valence-electron chi connectivity index (χ4n) is 3.15. The van der Waals surface area contributed by atoms with Gasteiger partial charge in [0.2, 0.25) is 0 Å². The molecule has 2 aliphatic rings. The summed E-state index contributed by atoms with van der Waals surface area (Å²) in [5.41, 5.74) is 5.85. The first-order valence-electron chi connectivity index (χ1n) is 8.35. The van der Waals surface area contributed by atoms with Crippen LogP contribution in [0.4, 0.5) is 5.69 Å². The summed E-state index contributed by atoms with van der Waals surface area (Å²) in [5, 5.41) is 11.4. The molecule has 2 N–H and O–H groups in total. The molecule has 0 saturated carbocycles. The molecule has 0 aromatic carbocycles. The van der Waals surface area contributed by atoms with E-state index in [4.69, 9.17) is 0 Å². The van der Waals surface area contributed by atoms with Gasteiger partial charge in [0, 0.05) is 39.1 Å². The second-order valence-electron chi connectivity index (χ2n) is 6.32. The van der Waals surface area contributed by atoms with Gasteiger partial charge in [-0.25, -0.2) is 9.97 Å². The van der Waals surface area contributed by atoms with E-state index in [9.17, 15) is 10.1 Å². The maximum atomic E-state index is 11.4. The van der Waals surface area contributed by atoms with Crippen molar-refractivity contribution < 1.29 is 21.4 Å². The predicted molar refractivity (Wildman–Crippen MR) is 106 cm³/mol. The molecule has 3 aromatic heterocycles. The first kappa shape index (κ1) is 17.9. The van der Waals surface area contributed by atoms with Crippen LogP contribution in [-0.4, -0.2) is 24.9 Å². The third-order valence-electron chi connectivity index (χ3n) is 4.34. The van der Waals surface area contributed by atoms with E-state index in [0.29, 0.717) is 16.7 Å². The topological polar surface area (TPSA) is 100 Å². The van der Waals surface area contributed by atoms with Gasteiger partial charge in [-0.15, -0.1) is 0 Å². The Bertz CT molecular complexity index is 1320. The zero-order valence-corrected chi connectivity index (χ0v) is 15.3. The van der Waals surface area contributed by atoms with Crippen LogP contribution in [0, 0.1) is 10.1 Å². The fraction of sp³-hybridized carbons (Fsp3) is 0. The van der Waals surface area contributed by atoms with E-state index in [1.807, 2.05) is 48.6 Å². The number of nitrogens with zero attached hydrogens (tertiary/aromatic N) is 3. The molecule has 0 amide bonds. The number of H-pyrrole nitrogens is 2. The number of rotatable bonds is 1. The Kier molecular flexibility index (Phi) is 4.41. The Balaban J connectivity index is 0.00000192. The molecule has 0 spiro atoms. The smallest absolute Gasteiger partial charge is 0.294 e. The zero-order chi connectivity index (χ0) is 18.4. The van der Waals surface area contributed by atoms with Crippen LogP contribution in [0.5, 0.6) is 0 Å². The van der Waals surface area contributed by atoms with E-state index in [0.717, 1.165) is 28.1 Å². The summed E-state index contributed by atoms with van der Waals surface area (Å²) in [6.45, 7) is 0. The normalized spacial score (nSPS) is 12.0. The summed E-state index contributed by atoms with van der Waals surface area (Å²) >= 11 is 0. The fourth-order valence-corrected chi connectivity index (χ4v) is 3.15. The molecule has 7 nitrogen and oxygen atoms in total. The standard InChI is InChI=1S/C20H13N5O2.Ni/c26-25(27)20-11-18-9-16-4-3-14(22-16)7-12-1-2-13(21-12)8-15-5-6-17(23-15)10-19(20)24-18;/h1-11,21,24H;. The minimum absolute atomic E-state index is 0. The molecule has 0 fully saturated rings. The van der Waals surface area contributed by atoms with Crippen molar-refractivity contribution >= 4 is 52.1 Å². The van der Waals surface area contributed by atoms with Crippen LogP contribution in [0.25, 0.3) is 46.4 Å². The molecule has 8 heteroatoms. The molecule has 2 aliphatic heterocycles. The van der Waals surface area contributed by atoms with Crippen molar-refractivity contribution in [2.45, 2.75) is 0 Å². The molecule has 0 atom stereocenters. The Morgan fingerprint density at radius 1 is 0.714 bits per heavy atom. The van der Waals surface area contributed by atoms with Gasteiger partial charge >= 0.3 is 0 Å². The third kappa shape index (κ3) is 3.37. The summed E-state index contributed by atoms with van der Waals surface area (Å²) in [5.74, 6) is 0. The molecule has 5 heterocycles. The van der Waals surface area contributed by atoms with Crippen LogP contribution in [0.15, 0.2) is 42.5 Å². The molecule has 5 rings (SSSR count). The van der Waals surface area contributed by atoms with Gasteiger partial charge in [-0.3, -0.25) is 10.1 Å². The second-order valence-corrected chi connectivity index (χ2v) is 6.32. The molecule has 0 radical (unpaired) electrons. The van der Waals surface area contributed by atoms with Crippen LogP contribution in [-0.2, 0) is 16.5 Å². The van der Waals surface area contributed by atoms with Crippen molar-refractivity contribution in [3.8, 4) is 0 Å². The number of nitrogens with one attached hydrogen (secondary N) is 2. The van der Waals surface area contributed by atoms with Crippen LogP contribution in [0.3, 0.4) is 0 Å². The Labute approximate surface area is 169 Å². The number of hydrogen-bond donors (Lipinski definition) is 2. The average molecular weight is 414 g/mol. The van der Waals surface area contributed by atoms with Crippen molar-refractivity contribution in [3.63, 3.8) is 0 Å². The van der Waals surface area contributed by atoms with Gasteiger partial charge < -0.3 is 9.97 Å². The molecular formula is C20H13N5NiO2. The molecule has 8 bridgehead atoms. The number of aromatic nitrogens is 4. The van der Waals surface area contributed by atoms with Crippen LogP contribution in [0.2, 0.25) is 0 Å². The van der Waals surface area contributed by atoms with Crippen molar-refractivity contribution in [1.29, 1.82) is 0 Å². The van der Waals surface area contributed by atoms with Gasteiger partial charge in [0.15, 0.2) is 0 Å². The average Bonchev–Trinajstić information content (AvgIpc) is 3.38. The number of aromatic amines is 2. The van der Waals surface area contributed by atoms with E-state index in [1.165, 1.54) is 6.07 Å². The van der Waals surface area contributed by atoms with E-state index in [-0.39, 0.29) is 22.2 Å². The summed E-state index contributed by atoms with van der Waals surface area (Å²) in [6.07, 6.45) is 7.49. The SMILES string of the molecule is O=[N+]([O-])c1cc2cc3nc(cc4ccc(cc5nc(cc1[nH]2)C=C5)[nH]4)C=C3.[Ni]. The number of hydrogen-bond acceptors (Lipinski definition) is 4. The van der Waals surface area contributed by atoms with Crippen molar-refractivity contribution in [3.05, 3.63) is 75.4 Å². The van der Waals surface area contributed by atoms with Gasteiger partial charge in [0.25, 0.3) is 5.69 Å². The van der Waals surface area contributed by atoms with Gasteiger partial charge in [-0.2, -0.15) is 0 Å². The van der Waals surface area contributed by atoms with E-state index in [2.05, 4.69) is 19.9 Å². The molecule has 0 aliphatic carbocycles. The first-order chi connectivity index (χ1) is 13.1. The van der Waals surface area contributed by atoms with Gasteiger partial charge in [0.1, 0.15) is 5.52 Å². The second kappa shape index (κ2) is 6.90. The molecule has 28 heavy (non-hydrogen) atoms. The van der Waals surface area contributed by atoms with E-state index in [1.54, 1.807) is 12.1 Å². The summed E-state index contributed by atoms with van der Waals surface area (Å²) in [4.78, 5) is 26.5. The number of nitro groups is 1. The first-order valence-corrected chi connectivity index (χ1v) is 8.35. The van der Waals surface area contributed by atoms with Crippen molar-refractivity contribution in [2.75, 3.05) is 0 Å². The van der Waals surface area contributed by atoms with Crippen LogP contribution < -0.4 is 0 Å². The number of fused-ring (bicyclic) bond motifs is 8. The maximum absolute atomic E-state index is 11.4. The molecule has 0 unspecified atom stereocenters. The summed E-state index contributed by atoms with van der Waals surface area (Å²) in [6, 6.07) is 12.8. The van der Waals surface area contributed by atoms with Crippen molar-refractivity contribution in [2.24, 2.45) is 0 Å². The minimum Gasteiger partial charge on any atom is -0.355 e. The van der Waals surface area contributed by atoms with Crippen LogP contribution in [0.1, 0.15) is 22.8 Å². The summed E-state index contributed by atoms with van der Waals surface area (Å²) in [7, 11) is 0. The predicted octanol–water partition coefficient (Wildman–Crippen LogP) is 4.56. The van der Waals surface area contributed by atoms with E-state index >= 15 is 0 Å². The van der Waals surface area contributed by atoms with Gasteiger partial charge in [-0.05, 0) is 60.7 Å². The van der Waals surface area contributed by atoms with E-state index < -0.39 is 4.92 Å². The van der Waals surface area contributed by atoms with Crippen molar-refractivity contribution in [1.82, 2.24) is 19.9 Å². The summed E-state index contributed by atoms with van der Waals surface area (Å²) < 4.78 is 0. The van der Waals surface area contributed by atoms with Crippen LogP contribution >= 0.6 is 0 Å². The molecular weight excluding hydrogens is 401 g/mol. The minimum atomic E-state index is -0.401. The molecule has 3 aromatic rings. The monoisotopic (exact) mass is 413 g/mol. The van der Waals surface area contributed by atoms with Gasteiger partial charge in [-0.1, -0.05) is 0 Å². The largest absolute Gasteiger partial charge is 0.355 e. The maximum Gasteiger partial charge on any atom is 0.294 e. The Morgan fingerprint density at radius 3 is 1.75 bits per heavy atom. The third-order valence-corrected chi connectivity index (χ3v) is 4.34. The van der Waals surface area contributed by atoms with Gasteiger partial charge in [0.05, 0.1) is 27.7 Å². The quantitative estimate of drug-likeness (QED) is 0.239. The molecule has 0 saturated heterocycles. The zero-order valence-electron chi connectivity index (χ0n) is 14.3.